The first-order valence-electron chi connectivity index (χ1n) is 14.8. The van der Waals surface area contributed by atoms with Crippen molar-refractivity contribution < 1.29 is 57.1 Å². The lowest BCUT2D eigenvalue weighted by molar-refractivity contribution is -0.144. The van der Waals surface area contributed by atoms with Crippen LogP contribution in [-0.2, 0) is 34.7 Å². The van der Waals surface area contributed by atoms with Gasteiger partial charge in [-0.2, -0.15) is 52.7 Å². The highest BCUT2D eigenvalue weighted by Crippen LogP contribution is 2.48. The van der Waals surface area contributed by atoms with Crippen LogP contribution in [0, 0.1) is 0 Å². The second-order valence-corrected chi connectivity index (χ2v) is 15.3. The van der Waals surface area contributed by atoms with Crippen LogP contribution in [0.25, 0.3) is 0 Å². The van der Waals surface area contributed by atoms with Crippen molar-refractivity contribution in [1.29, 1.82) is 0 Å². The first-order valence-corrected chi connectivity index (χ1v) is 17.2. The standard InChI is InChI=1S/C34H27F12NOSi/c1-49(27-9-4-2-5-10-27,28-11-6-3-7-12-28)48-30(29-13-8-14-47-29,21-15-23(31(35,36)37)19-24(16-21)32(38,39)40)22-17-25(33(41,42)43)20-26(18-22)34(44,45)46/h2-7,9-12,15-20,29,47H,8,13-14H2,1H3/t29-/m0/s1. The molecule has 0 aromatic heterocycles. The van der Waals surface area contributed by atoms with Gasteiger partial charge in [0.25, 0.3) is 8.32 Å². The molecule has 1 aliphatic rings. The summed E-state index contributed by atoms with van der Waals surface area (Å²) in [6.07, 6.45) is -21.4. The molecule has 4 aromatic carbocycles. The Morgan fingerprint density at radius 3 is 1.14 bits per heavy atom. The van der Waals surface area contributed by atoms with E-state index >= 15 is 0 Å². The molecule has 0 spiro atoms. The number of hydrogen-bond donors (Lipinski definition) is 1. The molecular formula is C34H27F12NOSi. The van der Waals surface area contributed by atoms with Gasteiger partial charge in [0.15, 0.2) is 0 Å². The zero-order valence-electron chi connectivity index (χ0n) is 25.4. The molecule has 1 N–H and O–H groups in total. The molecule has 5 rings (SSSR count). The van der Waals surface area contributed by atoms with Crippen molar-refractivity contribution in [3.63, 3.8) is 0 Å². The highest BCUT2D eigenvalue weighted by Gasteiger charge is 2.53. The summed E-state index contributed by atoms with van der Waals surface area (Å²) in [6, 6.07) is 15.5. The molecule has 49 heavy (non-hydrogen) atoms. The molecule has 15 heteroatoms. The van der Waals surface area contributed by atoms with E-state index < -0.39 is 78.0 Å². The molecule has 0 saturated carbocycles. The number of hydrogen-bond acceptors (Lipinski definition) is 2. The number of rotatable bonds is 7. The molecule has 4 aromatic rings. The van der Waals surface area contributed by atoms with Crippen LogP contribution < -0.4 is 15.7 Å². The van der Waals surface area contributed by atoms with Crippen molar-refractivity contribution in [2.75, 3.05) is 6.54 Å². The van der Waals surface area contributed by atoms with Crippen molar-refractivity contribution in [2.45, 2.75) is 55.7 Å². The lowest BCUT2D eigenvalue weighted by Gasteiger charge is -2.47. The lowest BCUT2D eigenvalue weighted by atomic mass is 9.77. The minimum Gasteiger partial charge on any atom is -0.393 e. The Kier molecular flexibility index (Phi) is 9.53. The maximum atomic E-state index is 14.3. The van der Waals surface area contributed by atoms with Gasteiger partial charge in [-0.25, -0.2) is 0 Å². The van der Waals surface area contributed by atoms with Crippen LogP contribution >= 0.6 is 0 Å². The smallest absolute Gasteiger partial charge is 0.393 e. The second-order valence-electron chi connectivity index (χ2n) is 11.8. The predicted octanol–water partition coefficient (Wildman–Crippen LogP) is 9.16. The van der Waals surface area contributed by atoms with Crippen molar-refractivity contribution in [1.82, 2.24) is 5.32 Å². The predicted molar refractivity (Wildman–Crippen MR) is 160 cm³/mol. The van der Waals surface area contributed by atoms with E-state index in [4.69, 9.17) is 4.43 Å². The van der Waals surface area contributed by atoms with Gasteiger partial charge in [0.05, 0.1) is 22.3 Å². The summed E-state index contributed by atoms with van der Waals surface area (Å²) in [4.78, 5) is 0. The molecule has 1 saturated heterocycles. The van der Waals surface area contributed by atoms with Crippen molar-refractivity contribution >= 4 is 18.7 Å². The molecule has 1 aliphatic heterocycles. The number of benzene rings is 4. The average Bonchev–Trinajstić information content (AvgIpc) is 3.58. The number of alkyl halides is 12. The fourth-order valence-electron chi connectivity index (χ4n) is 6.25. The van der Waals surface area contributed by atoms with E-state index in [0.29, 0.717) is 34.6 Å². The van der Waals surface area contributed by atoms with Gasteiger partial charge in [0.1, 0.15) is 5.60 Å². The van der Waals surface area contributed by atoms with Crippen LogP contribution in [0.3, 0.4) is 0 Å². The van der Waals surface area contributed by atoms with Gasteiger partial charge in [-0.05, 0) is 83.8 Å². The molecule has 0 bridgehead atoms. The molecule has 0 aliphatic carbocycles. The molecular weight excluding hydrogens is 694 g/mol. The van der Waals surface area contributed by atoms with Crippen LogP contribution in [0.5, 0.6) is 0 Å². The zero-order valence-corrected chi connectivity index (χ0v) is 26.4. The van der Waals surface area contributed by atoms with Gasteiger partial charge in [-0.3, -0.25) is 0 Å². The summed E-state index contributed by atoms with van der Waals surface area (Å²) in [6.45, 7) is 1.64. The molecule has 0 radical (unpaired) electrons. The van der Waals surface area contributed by atoms with E-state index in [1.807, 2.05) is 0 Å². The van der Waals surface area contributed by atoms with E-state index in [1.165, 1.54) is 6.55 Å². The molecule has 2 nitrogen and oxygen atoms in total. The van der Waals surface area contributed by atoms with E-state index in [0.717, 1.165) is 0 Å². The summed E-state index contributed by atoms with van der Waals surface area (Å²) in [5, 5.41) is 3.72. The average molecular weight is 722 g/mol. The van der Waals surface area contributed by atoms with Crippen LogP contribution in [0.1, 0.15) is 46.2 Å². The largest absolute Gasteiger partial charge is 0.416 e. The van der Waals surface area contributed by atoms with Crippen LogP contribution in [0.15, 0.2) is 97.1 Å². The normalized spacial score (nSPS) is 16.6. The summed E-state index contributed by atoms with van der Waals surface area (Å²) in [5.74, 6) is 0. The van der Waals surface area contributed by atoms with Gasteiger partial charge in [-0.1, -0.05) is 60.7 Å². The highest BCUT2D eigenvalue weighted by molar-refractivity contribution is 6.96. The second kappa shape index (κ2) is 12.8. The molecule has 1 heterocycles. The van der Waals surface area contributed by atoms with Gasteiger partial charge in [0, 0.05) is 6.04 Å². The third kappa shape index (κ3) is 7.38. The fourth-order valence-corrected chi connectivity index (χ4v) is 9.50. The monoisotopic (exact) mass is 721 g/mol. The Morgan fingerprint density at radius 2 is 0.857 bits per heavy atom. The molecule has 0 amide bonds. The van der Waals surface area contributed by atoms with Gasteiger partial charge in [0.2, 0.25) is 0 Å². The number of nitrogens with one attached hydrogen (secondary N) is 1. The topological polar surface area (TPSA) is 21.3 Å². The summed E-state index contributed by atoms with van der Waals surface area (Å²) in [5.41, 5.74) is -11.8. The van der Waals surface area contributed by atoms with Gasteiger partial charge < -0.3 is 9.74 Å². The highest BCUT2D eigenvalue weighted by atomic mass is 28.4. The minimum absolute atomic E-state index is 0.0801. The first-order chi connectivity index (χ1) is 22.7. The SMILES string of the molecule is C[Si](OC(c1cc(C(F)(F)F)cc(C(F)(F)F)c1)(c1cc(C(F)(F)F)cc(C(F)(F)F)c1)[C@@H]1CCCN1)(c1ccccc1)c1ccccc1. The third-order valence-corrected chi connectivity index (χ3v) is 12.2. The zero-order chi connectivity index (χ0) is 36.0. The van der Waals surface area contributed by atoms with Crippen molar-refractivity contribution in [3.8, 4) is 0 Å². The van der Waals surface area contributed by atoms with Crippen molar-refractivity contribution in [2.24, 2.45) is 0 Å². The molecule has 262 valence electrons. The minimum atomic E-state index is -5.39. The van der Waals surface area contributed by atoms with E-state index in [1.54, 1.807) is 60.7 Å². The van der Waals surface area contributed by atoms with E-state index in [-0.39, 0.29) is 31.5 Å². The molecule has 1 fully saturated rings. The maximum absolute atomic E-state index is 14.3. The maximum Gasteiger partial charge on any atom is 0.416 e. The third-order valence-electron chi connectivity index (χ3n) is 8.60. The summed E-state index contributed by atoms with van der Waals surface area (Å²) in [7, 11) is -3.99. The Balaban J connectivity index is 2.00. The van der Waals surface area contributed by atoms with Gasteiger partial charge >= 0.3 is 24.7 Å². The van der Waals surface area contributed by atoms with Crippen LogP contribution in [0.4, 0.5) is 52.7 Å². The van der Waals surface area contributed by atoms with Crippen LogP contribution in [0.2, 0.25) is 6.55 Å². The fraction of sp³-hybridized carbons (Fsp3) is 0.294. The van der Waals surface area contributed by atoms with Gasteiger partial charge in [-0.15, -0.1) is 0 Å². The Labute approximate surface area is 273 Å². The molecule has 0 unspecified atom stereocenters. The first kappa shape index (κ1) is 36.5. The van der Waals surface area contributed by atoms with E-state index in [9.17, 15) is 52.7 Å². The van der Waals surface area contributed by atoms with Crippen molar-refractivity contribution in [3.05, 3.63) is 130 Å². The quantitative estimate of drug-likeness (QED) is 0.152. The van der Waals surface area contributed by atoms with E-state index in [2.05, 4.69) is 5.32 Å². The Hall–Kier alpha value is -3.82. The lowest BCUT2D eigenvalue weighted by Crippen LogP contribution is -2.65. The number of halogens is 12. The Bertz CT molecular complexity index is 1580. The van der Waals surface area contributed by atoms with Crippen LogP contribution in [-0.4, -0.2) is 20.9 Å². The summed E-state index contributed by atoms with van der Waals surface area (Å²) < 4.78 is 179. The molecule has 1 atom stereocenters. The summed E-state index contributed by atoms with van der Waals surface area (Å²) >= 11 is 0. The Morgan fingerprint density at radius 1 is 0.531 bits per heavy atom.